The fourth-order valence-electron chi connectivity index (χ4n) is 1.39. The standard InChI is InChI=1S/C12H10ClFN2O/c1-7-10(14)11(13)16-12(15-7)8-3-5-9(17-2)6-4-8/h3-6H,1-2H3. The summed E-state index contributed by atoms with van der Waals surface area (Å²) in [5, 5.41) is -0.164. The van der Waals surface area contributed by atoms with Crippen molar-refractivity contribution in [3.05, 3.63) is 40.9 Å². The average Bonchev–Trinajstić information content (AvgIpc) is 2.35. The van der Waals surface area contributed by atoms with E-state index in [-0.39, 0.29) is 10.8 Å². The summed E-state index contributed by atoms with van der Waals surface area (Å²) in [4.78, 5) is 7.95. The van der Waals surface area contributed by atoms with E-state index in [4.69, 9.17) is 16.3 Å². The van der Waals surface area contributed by atoms with Gasteiger partial charge in [-0.2, -0.15) is 0 Å². The van der Waals surface area contributed by atoms with E-state index in [0.29, 0.717) is 5.82 Å². The third-order valence-electron chi connectivity index (χ3n) is 2.32. The highest BCUT2D eigenvalue weighted by atomic mass is 35.5. The van der Waals surface area contributed by atoms with E-state index in [1.165, 1.54) is 0 Å². The summed E-state index contributed by atoms with van der Waals surface area (Å²) in [6, 6.07) is 7.15. The van der Waals surface area contributed by atoms with Crippen molar-refractivity contribution >= 4 is 11.6 Å². The second kappa shape index (κ2) is 4.67. The minimum atomic E-state index is -0.580. The largest absolute Gasteiger partial charge is 0.497 e. The highest BCUT2D eigenvalue weighted by Crippen LogP contribution is 2.22. The van der Waals surface area contributed by atoms with Gasteiger partial charge in [-0.3, -0.25) is 0 Å². The van der Waals surface area contributed by atoms with Crippen molar-refractivity contribution in [3.63, 3.8) is 0 Å². The summed E-state index contributed by atoms with van der Waals surface area (Å²) in [5.74, 6) is 0.555. The molecule has 1 aromatic heterocycles. The first-order valence-electron chi connectivity index (χ1n) is 4.96. The van der Waals surface area contributed by atoms with Crippen LogP contribution in [0.3, 0.4) is 0 Å². The van der Waals surface area contributed by atoms with Crippen molar-refractivity contribution in [1.29, 1.82) is 0 Å². The molecule has 88 valence electrons. The highest BCUT2D eigenvalue weighted by molar-refractivity contribution is 6.29. The summed E-state index contributed by atoms with van der Waals surface area (Å²) >= 11 is 5.68. The second-order valence-corrected chi connectivity index (χ2v) is 3.82. The third kappa shape index (κ3) is 2.36. The Kier molecular flexibility index (Phi) is 3.24. The van der Waals surface area contributed by atoms with Crippen molar-refractivity contribution < 1.29 is 9.13 Å². The van der Waals surface area contributed by atoms with Gasteiger partial charge >= 0.3 is 0 Å². The molecule has 1 heterocycles. The lowest BCUT2D eigenvalue weighted by atomic mass is 10.2. The topological polar surface area (TPSA) is 35.0 Å². The maximum atomic E-state index is 13.3. The molecule has 1 aromatic carbocycles. The van der Waals surface area contributed by atoms with Gasteiger partial charge in [0, 0.05) is 5.56 Å². The number of nitrogens with zero attached hydrogens (tertiary/aromatic N) is 2. The summed E-state index contributed by atoms with van der Waals surface area (Å²) in [6.45, 7) is 1.55. The lowest BCUT2D eigenvalue weighted by molar-refractivity contribution is 0.415. The van der Waals surface area contributed by atoms with Crippen molar-refractivity contribution in [2.24, 2.45) is 0 Å². The predicted molar refractivity (Wildman–Crippen MR) is 63.7 cm³/mol. The maximum absolute atomic E-state index is 13.3. The Morgan fingerprint density at radius 3 is 2.35 bits per heavy atom. The van der Waals surface area contributed by atoms with Crippen LogP contribution >= 0.6 is 11.6 Å². The number of benzene rings is 1. The monoisotopic (exact) mass is 252 g/mol. The normalized spacial score (nSPS) is 10.4. The molecule has 5 heteroatoms. The van der Waals surface area contributed by atoms with Crippen LogP contribution in [0.25, 0.3) is 11.4 Å². The zero-order chi connectivity index (χ0) is 12.4. The quantitative estimate of drug-likeness (QED) is 0.770. The molecule has 0 amide bonds. The zero-order valence-electron chi connectivity index (χ0n) is 9.37. The van der Waals surface area contributed by atoms with Crippen LogP contribution in [0.5, 0.6) is 5.75 Å². The molecule has 0 saturated carbocycles. The number of ether oxygens (including phenoxy) is 1. The molecule has 3 nitrogen and oxygen atoms in total. The van der Waals surface area contributed by atoms with Gasteiger partial charge < -0.3 is 4.74 Å². The molecule has 0 spiro atoms. The van der Waals surface area contributed by atoms with Gasteiger partial charge in [0.15, 0.2) is 16.8 Å². The van der Waals surface area contributed by atoms with Crippen LogP contribution in [0.1, 0.15) is 5.69 Å². The number of halogens is 2. The van der Waals surface area contributed by atoms with E-state index < -0.39 is 5.82 Å². The van der Waals surface area contributed by atoms with Gasteiger partial charge in [0.2, 0.25) is 0 Å². The molecule has 0 aliphatic heterocycles. The maximum Gasteiger partial charge on any atom is 0.181 e. The summed E-state index contributed by atoms with van der Waals surface area (Å²) in [7, 11) is 1.59. The molecule has 0 fully saturated rings. The van der Waals surface area contributed by atoms with Gasteiger partial charge in [-0.05, 0) is 31.2 Å². The minimum absolute atomic E-state index is 0.164. The van der Waals surface area contributed by atoms with Gasteiger partial charge in [-0.1, -0.05) is 11.6 Å². The first kappa shape index (κ1) is 11.8. The summed E-state index contributed by atoms with van der Waals surface area (Å²) in [5.41, 5.74) is 0.992. The number of aryl methyl sites for hydroxylation is 1. The number of methoxy groups -OCH3 is 1. The van der Waals surface area contributed by atoms with E-state index in [1.807, 2.05) is 0 Å². The average molecular weight is 253 g/mol. The van der Waals surface area contributed by atoms with Gasteiger partial charge in [-0.15, -0.1) is 0 Å². The van der Waals surface area contributed by atoms with E-state index >= 15 is 0 Å². The Balaban J connectivity index is 2.45. The molecule has 0 radical (unpaired) electrons. The first-order chi connectivity index (χ1) is 8.11. The smallest absolute Gasteiger partial charge is 0.181 e. The highest BCUT2D eigenvalue weighted by Gasteiger charge is 2.10. The van der Waals surface area contributed by atoms with Crippen LogP contribution in [0.15, 0.2) is 24.3 Å². The second-order valence-electron chi connectivity index (χ2n) is 3.47. The zero-order valence-corrected chi connectivity index (χ0v) is 10.1. The molecule has 0 saturated heterocycles. The van der Waals surface area contributed by atoms with E-state index in [0.717, 1.165) is 11.3 Å². The molecule has 0 aliphatic carbocycles. The van der Waals surface area contributed by atoms with E-state index in [9.17, 15) is 4.39 Å². The number of hydrogen-bond acceptors (Lipinski definition) is 3. The van der Waals surface area contributed by atoms with E-state index in [1.54, 1.807) is 38.3 Å². The molecule has 17 heavy (non-hydrogen) atoms. The lowest BCUT2D eigenvalue weighted by Gasteiger charge is -2.05. The fourth-order valence-corrected chi connectivity index (χ4v) is 1.61. The van der Waals surface area contributed by atoms with Crippen molar-refractivity contribution in [2.75, 3.05) is 7.11 Å². The Bertz CT molecular complexity index is 520. The minimum Gasteiger partial charge on any atom is -0.497 e. The number of rotatable bonds is 2. The molecular weight excluding hydrogens is 243 g/mol. The Morgan fingerprint density at radius 1 is 1.18 bits per heavy atom. The predicted octanol–water partition coefficient (Wildman–Crippen LogP) is 3.25. The van der Waals surface area contributed by atoms with Crippen molar-refractivity contribution in [2.45, 2.75) is 6.92 Å². The first-order valence-corrected chi connectivity index (χ1v) is 5.33. The molecule has 2 rings (SSSR count). The molecule has 0 bridgehead atoms. The van der Waals surface area contributed by atoms with Crippen LogP contribution in [0.4, 0.5) is 4.39 Å². The van der Waals surface area contributed by atoms with E-state index in [2.05, 4.69) is 9.97 Å². The SMILES string of the molecule is COc1ccc(-c2nc(C)c(F)c(Cl)n2)cc1. The van der Waals surface area contributed by atoms with Gasteiger partial charge in [0.25, 0.3) is 0 Å². The Hall–Kier alpha value is -1.68. The van der Waals surface area contributed by atoms with Gasteiger partial charge in [-0.25, -0.2) is 14.4 Å². The van der Waals surface area contributed by atoms with Crippen LogP contribution < -0.4 is 4.74 Å². The van der Waals surface area contributed by atoms with Crippen molar-refractivity contribution in [1.82, 2.24) is 9.97 Å². The Morgan fingerprint density at radius 2 is 1.82 bits per heavy atom. The number of aromatic nitrogens is 2. The Labute approximate surface area is 103 Å². The fraction of sp³-hybridized carbons (Fsp3) is 0.167. The van der Waals surface area contributed by atoms with Crippen LogP contribution in [0.2, 0.25) is 5.15 Å². The van der Waals surface area contributed by atoms with Crippen LogP contribution in [0, 0.1) is 12.7 Å². The number of hydrogen-bond donors (Lipinski definition) is 0. The molecule has 0 unspecified atom stereocenters. The van der Waals surface area contributed by atoms with Crippen LogP contribution in [-0.4, -0.2) is 17.1 Å². The lowest BCUT2D eigenvalue weighted by Crippen LogP contribution is -1.97. The summed E-state index contributed by atoms with van der Waals surface area (Å²) in [6.07, 6.45) is 0. The van der Waals surface area contributed by atoms with Gasteiger partial charge in [0.05, 0.1) is 12.8 Å². The molecule has 2 aromatic rings. The molecular formula is C12H10ClFN2O. The molecule has 0 atom stereocenters. The molecule has 0 N–H and O–H groups in total. The third-order valence-corrected chi connectivity index (χ3v) is 2.58. The van der Waals surface area contributed by atoms with Gasteiger partial charge in [0.1, 0.15) is 5.75 Å². The molecule has 0 aliphatic rings. The van der Waals surface area contributed by atoms with Crippen LogP contribution in [-0.2, 0) is 0 Å². The summed E-state index contributed by atoms with van der Waals surface area (Å²) < 4.78 is 18.3. The van der Waals surface area contributed by atoms with Crippen molar-refractivity contribution in [3.8, 4) is 17.1 Å².